The van der Waals surface area contributed by atoms with Crippen LogP contribution in [0.25, 0.3) is 0 Å². The zero-order valence-electron chi connectivity index (χ0n) is 9.11. The number of nitrogens with two attached hydrogens (primary N) is 1. The Hall–Kier alpha value is -1.35. The van der Waals surface area contributed by atoms with Gasteiger partial charge in [-0.05, 0) is 37.6 Å². The van der Waals surface area contributed by atoms with E-state index >= 15 is 0 Å². The van der Waals surface area contributed by atoms with Crippen LogP contribution in [0.3, 0.4) is 0 Å². The fourth-order valence-corrected chi connectivity index (χ4v) is 1.88. The van der Waals surface area contributed by atoms with Crippen molar-refractivity contribution in [2.75, 3.05) is 24.5 Å². The molecule has 0 fully saturated rings. The first-order valence-electron chi connectivity index (χ1n) is 5.39. The van der Waals surface area contributed by atoms with E-state index < -0.39 is 0 Å². The standard InChI is InChI=1S/C12H17N3/c1-10-14-8-9-15(10)12-4-2-11(3-5-12)6-7-13/h2-5H,6-9,13H2,1H3. The second-order valence-electron chi connectivity index (χ2n) is 3.79. The Morgan fingerprint density at radius 3 is 2.60 bits per heavy atom. The third-order valence-electron chi connectivity index (χ3n) is 2.74. The Kier molecular flexibility index (Phi) is 3.02. The molecule has 0 radical (unpaired) electrons. The first-order chi connectivity index (χ1) is 7.31. The van der Waals surface area contributed by atoms with Crippen LogP contribution in [0.15, 0.2) is 29.3 Å². The summed E-state index contributed by atoms with van der Waals surface area (Å²) in [5.74, 6) is 1.11. The third-order valence-corrected chi connectivity index (χ3v) is 2.74. The van der Waals surface area contributed by atoms with Gasteiger partial charge in [-0.1, -0.05) is 12.1 Å². The Morgan fingerprint density at radius 1 is 1.33 bits per heavy atom. The Morgan fingerprint density at radius 2 is 2.07 bits per heavy atom. The summed E-state index contributed by atoms with van der Waals surface area (Å²) in [6.45, 7) is 4.68. The minimum absolute atomic E-state index is 0.712. The van der Waals surface area contributed by atoms with Gasteiger partial charge in [-0.15, -0.1) is 0 Å². The van der Waals surface area contributed by atoms with Crippen molar-refractivity contribution < 1.29 is 0 Å². The minimum Gasteiger partial charge on any atom is -0.330 e. The molecule has 15 heavy (non-hydrogen) atoms. The van der Waals surface area contributed by atoms with Crippen molar-refractivity contribution in [3.63, 3.8) is 0 Å². The van der Waals surface area contributed by atoms with Crippen molar-refractivity contribution in [1.29, 1.82) is 0 Å². The highest BCUT2D eigenvalue weighted by molar-refractivity contribution is 5.97. The summed E-state index contributed by atoms with van der Waals surface area (Å²) in [4.78, 5) is 6.62. The predicted molar refractivity (Wildman–Crippen MR) is 64.5 cm³/mol. The molecule has 0 saturated carbocycles. The van der Waals surface area contributed by atoms with E-state index in [0.29, 0.717) is 6.54 Å². The first kappa shape index (κ1) is 10.2. The van der Waals surface area contributed by atoms with Crippen LogP contribution in [0.4, 0.5) is 5.69 Å². The van der Waals surface area contributed by atoms with E-state index in [9.17, 15) is 0 Å². The Bertz CT molecular complexity index is 354. The van der Waals surface area contributed by atoms with Gasteiger partial charge in [-0.25, -0.2) is 0 Å². The molecule has 0 aromatic heterocycles. The highest BCUT2D eigenvalue weighted by Gasteiger charge is 2.13. The van der Waals surface area contributed by atoms with E-state index in [1.54, 1.807) is 0 Å². The Balaban J connectivity index is 2.13. The highest BCUT2D eigenvalue weighted by atomic mass is 15.2. The molecular formula is C12H17N3. The zero-order chi connectivity index (χ0) is 10.7. The van der Waals surface area contributed by atoms with Gasteiger partial charge in [0.25, 0.3) is 0 Å². The van der Waals surface area contributed by atoms with Crippen molar-refractivity contribution in [2.24, 2.45) is 10.7 Å². The van der Waals surface area contributed by atoms with E-state index in [1.807, 2.05) is 0 Å². The maximum atomic E-state index is 5.51. The normalized spacial score (nSPS) is 15.6. The van der Waals surface area contributed by atoms with Gasteiger partial charge in [-0.3, -0.25) is 4.99 Å². The molecule has 1 aromatic carbocycles. The van der Waals surface area contributed by atoms with E-state index in [-0.39, 0.29) is 0 Å². The molecular weight excluding hydrogens is 186 g/mol. The number of anilines is 1. The summed E-state index contributed by atoms with van der Waals surface area (Å²) in [7, 11) is 0. The zero-order valence-corrected chi connectivity index (χ0v) is 9.11. The van der Waals surface area contributed by atoms with Crippen LogP contribution in [0.1, 0.15) is 12.5 Å². The SMILES string of the molecule is CC1=NCCN1c1ccc(CCN)cc1. The molecule has 0 saturated heterocycles. The second-order valence-corrected chi connectivity index (χ2v) is 3.79. The molecule has 0 unspecified atom stereocenters. The number of nitrogens with zero attached hydrogens (tertiary/aromatic N) is 2. The molecule has 1 heterocycles. The van der Waals surface area contributed by atoms with E-state index in [0.717, 1.165) is 25.3 Å². The van der Waals surface area contributed by atoms with Gasteiger partial charge in [0.15, 0.2) is 0 Å². The maximum absolute atomic E-state index is 5.51. The summed E-state index contributed by atoms with van der Waals surface area (Å²) in [5.41, 5.74) is 8.05. The van der Waals surface area contributed by atoms with Crippen LogP contribution >= 0.6 is 0 Å². The minimum atomic E-state index is 0.712. The van der Waals surface area contributed by atoms with Gasteiger partial charge >= 0.3 is 0 Å². The average Bonchev–Trinajstić information content (AvgIpc) is 2.66. The number of hydrogen-bond donors (Lipinski definition) is 1. The van der Waals surface area contributed by atoms with Crippen LogP contribution in [0.5, 0.6) is 0 Å². The fraction of sp³-hybridized carbons (Fsp3) is 0.417. The molecule has 2 N–H and O–H groups in total. The van der Waals surface area contributed by atoms with Gasteiger partial charge in [-0.2, -0.15) is 0 Å². The van der Waals surface area contributed by atoms with Crippen LogP contribution < -0.4 is 10.6 Å². The summed E-state index contributed by atoms with van der Waals surface area (Å²) >= 11 is 0. The smallest absolute Gasteiger partial charge is 0.100 e. The lowest BCUT2D eigenvalue weighted by Crippen LogP contribution is -2.24. The highest BCUT2D eigenvalue weighted by Crippen LogP contribution is 2.18. The molecule has 3 nitrogen and oxygen atoms in total. The van der Waals surface area contributed by atoms with Crippen molar-refractivity contribution in [3.8, 4) is 0 Å². The van der Waals surface area contributed by atoms with Crippen molar-refractivity contribution in [3.05, 3.63) is 29.8 Å². The molecule has 0 atom stereocenters. The van der Waals surface area contributed by atoms with E-state index in [1.165, 1.54) is 11.3 Å². The number of rotatable bonds is 3. The lowest BCUT2D eigenvalue weighted by atomic mass is 10.1. The molecule has 1 aromatic rings. The first-order valence-corrected chi connectivity index (χ1v) is 5.39. The van der Waals surface area contributed by atoms with Crippen LogP contribution in [-0.2, 0) is 6.42 Å². The monoisotopic (exact) mass is 203 g/mol. The van der Waals surface area contributed by atoms with Gasteiger partial charge in [0.1, 0.15) is 5.84 Å². The molecule has 1 aliphatic heterocycles. The summed E-state index contributed by atoms with van der Waals surface area (Å²) in [5, 5.41) is 0. The number of benzene rings is 1. The lowest BCUT2D eigenvalue weighted by Gasteiger charge is -2.18. The fourth-order valence-electron chi connectivity index (χ4n) is 1.88. The molecule has 0 aliphatic carbocycles. The number of amidine groups is 1. The molecule has 0 amide bonds. The topological polar surface area (TPSA) is 41.6 Å². The molecule has 80 valence electrons. The third kappa shape index (κ3) is 2.18. The predicted octanol–water partition coefficient (Wildman–Crippen LogP) is 1.43. The van der Waals surface area contributed by atoms with Crippen LogP contribution in [0.2, 0.25) is 0 Å². The van der Waals surface area contributed by atoms with Gasteiger partial charge < -0.3 is 10.6 Å². The van der Waals surface area contributed by atoms with E-state index in [2.05, 4.69) is 41.1 Å². The van der Waals surface area contributed by atoms with Gasteiger partial charge in [0.2, 0.25) is 0 Å². The number of aliphatic imine (C=N–C) groups is 1. The summed E-state index contributed by atoms with van der Waals surface area (Å²) in [6, 6.07) is 8.59. The molecule has 3 heteroatoms. The quantitative estimate of drug-likeness (QED) is 0.807. The summed E-state index contributed by atoms with van der Waals surface area (Å²) in [6.07, 6.45) is 0.952. The van der Waals surface area contributed by atoms with Crippen molar-refractivity contribution in [1.82, 2.24) is 0 Å². The summed E-state index contributed by atoms with van der Waals surface area (Å²) < 4.78 is 0. The average molecular weight is 203 g/mol. The number of hydrogen-bond acceptors (Lipinski definition) is 3. The molecule has 0 spiro atoms. The largest absolute Gasteiger partial charge is 0.330 e. The lowest BCUT2D eigenvalue weighted by molar-refractivity contribution is 0.966. The molecule has 0 bridgehead atoms. The van der Waals surface area contributed by atoms with E-state index in [4.69, 9.17) is 5.73 Å². The second kappa shape index (κ2) is 4.45. The van der Waals surface area contributed by atoms with Crippen molar-refractivity contribution in [2.45, 2.75) is 13.3 Å². The molecule has 1 aliphatic rings. The molecule has 2 rings (SSSR count). The Labute approximate surface area is 90.6 Å². The van der Waals surface area contributed by atoms with Crippen LogP contribution in [0, 0.1) is 0 Å². The van der Waals surface area contributed by atoms with Crippen LogP contribution in [-0.4, -0.2) is 25.5 Å². The van der Waals surface area contributed by atoms with Gasteiger partial charge in [0, 0.05) is 12.2 Å². The van der Waals surface area contributed by atoms with Crippen molar-refractivity contribution >= 4 is 11.5 Å². The van der Waals surface area contributed by atoms with Gasteiger partial charge in [0.05, 0.1) is 6.54 Å². The maximum Gasteiger partial charge on any atom is 0.100 e.